The Morgan fingerprint density at radius 2 is 1.78 bits per heavy atom. The van der Waals surface area contributed by atoms with E-state index in [0.717, 1.165) is 0 Å². The van der Waals surface area contributed by atoms with Crippen LogP contribution in [0, 0.1) is 12.7 Å². The Morgan fingerprint density at radius 1 is 1.07 bits per heavy atom. The number of fused-ring (bicyclic) bond motifs is 1. The highest BCUT2D eigenvalue weighted by Crippen LogP contribution is 2.38. The van der Waals surface area contributed by atoms with Crippen molar-refractivity contribution in [3.05, 3.63) is 93.6 Å². The number of aliphatic hydroxyl groups excluding tert-OH is 1. The summed E-state index contributed by atoms with van der Waals surface area (Å²) in [5, 5.41) is 22.2. The van der Waals surface area contributed by atoms with Crippen molar-refractivity contribution in [3.8, 4) is 22.6 Å². The minimum Gasteiger partial charge on any atom is -0.507 e. The van der Waals surface area contributed by atoms with Crippen molar-refractivity contribution < 1.29 is 47.6 Å². The number of Topliss-reactive ketones (excluding diaryl/α,β-unsaturated/α-hetero) is 1. The van der Waals surface area contributed by atoms with Gasteiger partial charge in [-0.15, -0.1) is 0 Å². The van der Waals surface area contributed by atoms with Crippen LogP contribution < -0.4 is 16.1 Å². The first-order valence-electron chi connectivity index (χ1n) is 14.0. The van der Waals surface area contributed by atoms with E-state index >= 15 is 0 Å². The van der Waals surface area contributed by atoms with E-state index in [1.165, 1.54) is 31.4 Å². The fraction of sp³-hybridized carbons (Fsp3) is 0.303. The van der Waals surface area contributed by atoms with Gasteiger partial charge in [0.2, 0.25) is 6.29 Å². The van der Waals surface area contributed by atoms with E-state index in [-0.39, 0.29) is 28.1 Å². The third-order valence-electron chi connectivity index (χ3n) is 7.81. The van der Waals surface area contributed by atoms with Crippen LogP contribution in [0.25, 0.3) is 22.1 Å². The molecule has 1 saturated heterocycles. The molecule has 1 amide bonds. The average Bonchev–Trinajstić information content (AvgIpc) is 2.99. The topological polar surface area (TPSA) is 168 Å². The number of aryl methyl sites for hydroxylation is 1. The summed E-state index contributed by atoms with van der Waals surface area (Å²) < 4.78 is 41.3. The molecule has 4 aromatic rings. The van der Waals surface area contributed by atoms with Gasteiger partial charge in [-0.2, -0.15) is 0 Å². The van der Waals surface area contributed by atoms with Gasteiger partial charge in [0.25, 0.3) is 0 Å². The zero-order chi connectivity index (χ0) is 32.6. The van der Waals surface area contributed by atoms with Crippen LogP contribution in [0.5, 0.6) is 11.5 Å². The molecule has 0 aliphatic carbocycles. The zero-order valence-electron chi connectivity index (χ0n) is 24.9. The molecule has 0 saturated carbocycles. The number of ketones is 1. The molecule has 1 aromatic heterocycles. The van der Waals surface area contributed by atoms with Crippen molar-refractivity contribution >= 4 is 22.8 Å². The molecule has 0 radical (unpaired) electrons. The van der Waals surface area contributed by atoms with Crippen LogP contribution in [0.1, 0.15) is 35.3 Å². The molecule has 1 aliphatic heterocycles. The number of primary amides is 1. The van der Waals surface area contributed by atoms with E-state index in [1.807, 2.05) is 0 Å². The van der Waals surface area contributed by atoms with Gasteiger partial charge in [-0.25, -0.2) is 14.0 Å². The fourth-order valence-corrected chi connectivity index (χ4v) is 5.53. The third kappa shape index (κ3) is 6.25. The molecule has 2 heterocycles. The summed E-state index contributed by atoms with van der Waals surface area (Å²) >= 11 is 0. The Bertz CT molecular complexity index is 1820. The molecule has 0 unspecified atom stereocenters. The van der Waals surface area contributed by atoms with Crippen molar-refractivity contribution in [1.29, 1.82) is 0 Å². The van der Waals surface area contributed by atoms with Gasteiger partial charge in [-0.1, -0.05) is 30.3 Å². The highest BCUT2D eigenvalue weighted by atomic mass is 19.1. The smallest absolute Gasteiger partial charge is 0.404 e. The van der Waals surface area contributed by atoms with E-state index in [1.54, 1.807) is 57.2 Å². The lowest BCUT2D eigenvalue weighted by Crippen LogP contribution is -2.65. The Balaban J connectivity index is 1.42. The summed E-state index contributed by atoms with van der Waals surface area (Å²) in [6, 6.07) is 15.4. The maximum absolute atomic E-state index is 13.4. The minimum absolute atomic E-state index is 0.00577. The number of amides is 1. The molecule has 0 bridgehead atoms. The van der Waals surface area contributed by atoms with Crippen molar-refractivity contribution in [2.75, 3.05) is 7.11 Å². The molecule has 4 N–H and O–H groups in total. The Labute approximate surface area is 256 Å². The lowest BCUT2D eigenvalue weighted by Gasteiger charge is -2.47. The summed E-state index contributed by atoms with van der Waals surface area (Å²) in [6.45, 7) is 4.89. The second-order valence-corrected chi connectivity index (χ2v) is 11.2. The zero-order valence-corrected chi connectivity index (χ0v) is 24.9. The molecule has 45 heavy (non-hydrogen) atoms. The molecular weight excluding hydrogens is 589 g/mol. The molecule has 236 valence electrons. The molecule has 3 aromatic carbocycles. The molecule has 5 rings (SSSR count). The predicted octanol–water partition coefficient (Wildman–Crippen LogP) is 4.39. The molecule has 12 heteroatoms. The number of hydrogen-bond donors (Lipinski definition) is 3. The maximum atomic E-state index is 13.4. The number of rotatable bonds is 8. The Hall–Kier alpha value is -4.78. The largest absolute Gasteiger partial charge is 0.507 e. The molecule has 1 fully saturated rings. The second-order valence-electron chi connectivity index (χ2n) is 11.2. The molecular formula is C33H32FNO10. The molecule has 1 aliphatic rings. The first-order valence-corrected chi connectivity index (χ1v) is 14.0. The first-order chi connectivity index (χ1) is 21.3. The highest BCUT2D eigenvalue weighted by Gasteiger charge is 2.53. The van der Waals surface area contributed by atoms with Gasteiger partial charge in [0, 0.05) is 24.7 Å². The van der Waals surface area contributed by atoms with E-state index in [4.69, 9.17) is 29.1 Å². The number of aliphatic hydroxyl groups is 1. The van der Waals surface area contributed by atoms with Crippen molar-refractivity contribution in [1.82, 2.24) is 0 Å². The van der Waals surface area contributed by atoms with Crippen LogP contribution in [0.3, 0.4) is 0 Å². The summed E-state index contributed by atoms with van der Waals surface area (Å²) in [4.78, 5) is 37.8. The van der Waals surface area contributed by atoms with E-state index < -0.39 is 59.9 Å². The summed E-state index contributed by atoms with van der Waals surface area (Å²) in [6.07, 6.45) is -6.52. The number of carbonyl (C=O) groups excluding carboxylic acids is 2. The van der Waals surface area contributed by atoms with E-state index in [0.29, 0.717) is 22.3 Å². The monoisotopic (exact) mass is 621 g/mol. The maximum Gasteiger partial charge on any atom is 0.404 e. The fourth-order valence-electron chi connectivity index (χ4n) is 5.53. The van der Waals surface area contributed by atoms with Gasteiger partial charge in [-0.05, 0) is 62.2 Å². The number of methoxy groups -OCH3 is 1. The summed E-state index contributed by atoms with van der Waals surface area (Å²) in [7, 11) is 1.37. The Kier molecular flexibility index (Phi) is 8.66. The number of benzene rings is 3. The van der Waals surface area contributed by atoms with Crippen LogP contribution in [-0.4, -0.2) is 59.4 Å². The van der Waals surface area contributed by atoms with Crippen molar-refractivity contribution in [2.45, 2.75) is 57.4 Å². The third-order valence-corrected chi connectivity index (χ3v) is 7.81. The molecule has 0 spiro atoms. The van der Waals surface area contributed by atoms with Gasteiger partial charge >= 0.3 is 11.7 Å². The van der Waals surface area contributed by atoms with E-state index in [9.17, 15) is 29.0 Å². The summed E-state index contributed by atoms with van der Waals surface area (Å²) in [5.74, 6) is -1.11. The summed E-state index contributed by atoms with van der Waals surface area (Å²) in [5.41, 5.74) is 4.93. The van der Waals surface area contributed by atoms with Crippen molar-refractivity contribution in [2.24, 2.45) is 5.73 Å². The highest BCUT2D eigenvalue weighted by molar-refractivity contribution is 6.00. The van der Waals surface area contributed by atoms with Gasteiger partial charge in [0.15, 0.2) is 18.0 Å². The Morgan fingerprint density at radius 3 is 2.44 bits per heavy atom. The van der Waals surface area contributed by atoms with Crippen molar-refractivity contribution in [3.63, 3.8) is 0 Å². The van der Waals surface area contributed by atoms with E-state index in [2.05, 4.69) is 0 Å². The average molecular weight is 622 g/mol. The number of ether oxygens (including phenoxy) is 4. The van der Waals surface area contributed by atoms with Gasteiger partial charge in [0.05, 0.1) is 16.6 Å². The SMILES string of the molecule is CO[C@@H]1[C@@H](OC(N)=O)[C@@H](O)[C@H](Oc2ccc3c(O)c(CC(=O)c4cccc(-c5ccc(F)cc5)c4)c(=O)oc3c2C)OC1(C)C. The standard InChI is InChI=1S/C33H32FNO10/c1-16-24(42-31-26(38)28(44-32(35)40)29(41-4)33(2,3)45-31)13-12-21-25(37)22(30(39)43-27(16)21)15-23(36)19-7-5-6-18(14-19)17-8-10-20(34)11-9-17/h5-14,26,28-29,31,37-38H,15H2,1-4H3,(H2,35,40)/t26-,28+,29-,31-/m1/s1. The predicted molar refractivity (Wildman–Crippen MR) is 160 cm³/mol. The molecule has 11 nitrogen and oxygen atoms in total. The lowest BCUT2D eigenvalue weighted by atomic mass is 9.89. The number of nitrogens with two attached hydrogens (primary N) is 1. The van der Waals surface area contributed by atoms with Gasteiger partial charge in [0.1, 0.15) is 29.0 Å². The van der Waals surface area contributed by atoms with Crippen LogP contribution in [-0.2, 0) is 20.6 Å². The lowest BCUT2D eigenvalue weighted by molar-refractivity contribution is -0.304. The number of halogens is 1. The minimum atomic E-state index is -1.51. The second kappa shape index (κ2) is 12.3. The first kappa shape index (κ1) is 31.6. The number of carbonyl (C=O) groups is 2. The van der Waals surface area contributed by atoms with Crippen LogP contribution in [0.4, 0.5) is 9.18 Å². The van der Waals surface area contributed by atoms with Gasteiger partial charge < -0.3 is 39.3 Å². The number of aromatic hydroxyl groups is 1. The van der Waals surface area contributed by atoms with Crippen LogP contribution in [0.2, 0.25) is 0 Å². The van der Waals surface area contributed by atoms with Crippen LogP contribution in [0.15, 0.2) is 69.9 Å². The molecule has 4 atom stereocenters. The van der Waals surface area contributed by atoms with Crippen LogP contribution >= 0.6 is 0 Å². The number of hydrogen-bond acceptors (Lipinski definition) is 10. The normalized spacial score (nSPS) is 20.9. The quantitative estimate of drug-likeness (QED) is 0.190. The van der Waals surface area contributed by atoms with Gasteiger partial charge in [-0.3, -0.25) is 4.79 Å².